The number of esters is 4. The van der Waals surface area contributed by atoms with Crippen LogP contribution in [0.15, 0.2) is 24.3 Å². The summed E-state index contributed by atoms with van der Waals surface area (Å²) in [4.78, 5) is 66.1. The Morgan fingerprint density at radius 1 is 0.769 bits per heavy atom. The summed E-state index contributed by atoms with van der Waals surface area (Å²) in [5.74, 6) is -6.45. The molecule has 14 atom stereocenters. The molecule has 0 heterocycles. The van der Waals surface area contributed by atoms with Gasteiger partial charge in [0.1, 0.15) is 35.4 Å². The molecule has 0 aromatic heterocycles. The lowest BCUT2D eigenvalue weighted by molar-refractivity contribution is -0.257. The molecule has 0 amide bonds. The molecule has 15 heteroatoms. The number of carbonyl (C=O) groups excluding carboxylic acids is 5. The van der Waals surface area contributed by atoms with Crippen LogP contribution in [0.3, 0.4) is 0 Å². The molecule has 1 aromatic carbocycles. The quantitative estimate of drug-likeness (QED) is 0.186. The number of rotatable bonds is 12. The number of fused-ring (bicyclic) bond motifs is 6. The van der Waals surface area contributed by atoms with Crippen molar-refractivity contribution in [3.63, 3.8) is 0 Å². The molecule has 0 radical (unpaired) electrons. The van der Waals surface area contributed by atoms with E-state index in [1.165, 1.54) is 68.5 Å². The molecule has 15 nitrogen and oxygen atoms in total. The lowest BCUT2D eigenvalue weighted by atomic mass is 9.55. The fourth-order valence-corrected chi connectivity index (χ4v) is 11.5. The Morgan fingerprint density at radius 2 is 1.40 bits per heavy atom. The van der Waals surface area contributed by atoms with Crippen molar-refractivity contribution in [1.82, 2.24) is 0 Å². The van der Waals surface area contributed by atoms with Gasteiger partial charge in [-0.05, 0) is 36.6 Å². The Labute approximate surface area is 301 Å². The fourth-order valence-electron chi connectivity index (χ4n) is 11.5. The Hall–Kier alpha value is -3.63. The summed E-state index contributed by atoms with van der Waals surface area (Å²) in [6, 6.07) is 6.29. The minimum atomic E-state index is -1.89. The van der Waals surface area contributed by atoms with Gasteiger partial charge in [-0.3, -0.25) is 14.4 Å². The molecule has 0 saturated heterocycles. The van der Waals surface area contributed by atoms with Crippen molar-refractivity contribution in [3.8, 4) is 5.75 Å². The zero-order valence-electron chi connectivity index (χ0n) is 30.7. The van der Waals surface area contributed by atoms with Gasteiger partial charge in [0.2, 0.25) is 0 Å². The van der Waals surface area contributed by atoms with E-state index in [1.807, 2.05) is 0 Å². The highest BCUT2D eigenvalue weighted by molar-refractivity contribution is 5.90. The minimum absolute atomic E-state index is 0.0265. The second-order valence-corrected chi connectivity index (χ2v) is 14.8. The summed E-state index contributed by atoms with van der Waals surface area (Å²) in [7, 11) is 7.18. The SMILES string of the molecule is COC[C@]1(C=O)C2[C@@H](OC)[C@H]3[C@H](C4C[C@]5(OC(C)=O)[C@@H](OC)C[C@@]3(OC(C)=O)C4[C@H]5OC(=O)c3ccc(OC)cc3)[C@]2(O)[C@@H](OC)C[C@H]1OC(C)=O. The van der Waals surface area contributed by atoms with Crippen molar-refractivity contribution in [3.05, 3.63) is 29.8 Å². The average Bonchev–Trinajstić information content (AvgIpc) is 3.63. The molecule has 1 aromatic rings. The van der Waals surface area contributed by atoms with Gasteiger partial charge in [0.05, 0.1) is 36.9 Å². The molecular formula is C37H48O15. The fraction of sp³-hybridized carbons (Fsp3) is 0.703. The molecule has 5 aliphatic carbocycles. The van der Waals surface area contributed by atoms with Gasteiger partial charge < -0.3 is 52.5 Å². The number of benzene rings is 1. The first-order valence-corrected chi connectivity index (χ1v) is 17.4. The van der Waals surface area contributed by atoms with Crippen LogP contribution in [0.25, 0.3) is 0 Å². The van der Waals surface area contributed by atoms with Crippen molar-refractivity contribution < 1.29 is 71.7 Å². The minimum Gasteiger partial charge on any atom is -0.497 e. The molecular weight excluding hydrogens is 684 g/mol. The highest BCUT2D eigenvalue weighted by Crippen LogP contribution is 2.76. The Bertz CT molecular complexity index is 1580. The molecule has 1 N–H and O–H groups in total. The van der Waals surface area contributed by atoms with Crippen molar-refractivity contribution in [2.24, 2.45) is 35.0 Å². The number of aliphatic hydroxyl groups is 1. The summed E-state index contributed by atoms with van der Waals surface area (Å²) >= 11 is 0. The normalized spacial score (nSPS) is 42.4. The van der Waals surface area contributed by atoms with E-state index in [2.05, 4.69) is 0 Å². The summed E-state index contributed by atoms with van der Waals surface area (Å²) in [6.45, 7) is 3.49. The van der Waals surface area contributed by atoms with Crippen LogP contribution in [0.1, 0.15) is 50.4 Å². The van der Waals surface area contributed by atoms with Crippen LogP contribution < -0.4 is 4.74 Å². The largest absolute Gasteiger partial charge is 0.497 e. The smallest absolute Gasteiger partial charge is 0.338 e. The molecule has 5 fully saturated rings. The molecule has 0 aliphatic heterocycles. The van der Waals surface area contributed by atoms with E-state index >= 15 is 0 Å². The zero-order valence-corrected chi connectivity index (χ0v) is 30.7. The van der Waals surface area contributed by atoms with Crippen LogP contribution >= 0.6 is 0 Å². The summed E-state index contributed by atoms with van der Waals surface area (Å²) in [5.41, 5.74) is -6.43. The predicted molar refractivity (Wildman–Crippen MR) is 176 cm³/mol. The molecule has 52 heavy (non-hydrogen) atoms. The number of carbonyl (C=O) groups is 5. The number of hydrogen-bond donors (Lipinski definition) is 1. The first kappa shape index (κ1) is 38.1. The summed E-state index contributed by atoms with van der Waals surface area (Å²) in [6.07, 6.45) is -4.70. The first-order valence-electron chi connectivity index (χ1n) is 17.4. The van der Waals surface area contributed by atoms with Gasteiger partial charge in [0, 0.05) is 85.7 Å². The van der Waals surface area contributed by atoms with Crippen molar-refractivity contribution in [1.29, 1.82) is 0 Å². The van der Waals surface area contributed by atoms with Gasteiger partial charge in [-0.2, -0.15) is 0 Å². The van der Waals surface area contributed by atoms with Gasteiger partial charge in [0.25, 0.3) is 0 Å². The highest BCUT2D eigenvalue weighted by atomic mass is 16.6. The maximum atomic E-state index is 14.0. The topological polar surface area (TPSA) is 189 Å². The number of ether oxygens (including phenoxy) is 9. The predicted octanol–water partition coefficient (Wildman–Crippen LogP) is 1.68. The molecule has 5 saturated carbocycles. The van der Waals surface area contributed by atoms with Crippen LogP contribution in [0.5, 0.6) is 5.75 Å². The molecule has 2 bridgehead atoms. The van der Waals surface area contributed by atoms with E-state index in [9.17, 15) is 29.1 Å². The molecule has 286 valence electrons. The summed E-state index contributed by atoms with van der Waals surface area (Å²) < 4.78 is 54.0. The number of aldehydes is 1. The highest BCUT2D eigenvalue weighted by Gasteiger charge is 2.88. The second kappa shape index (κ2) is 13.7. The van der Waals surface area contributed by atoms with Crippen LogP contribution in [-0.4, -0.2) is 125 Å². The van der Waals surface area contributed by atoms with Gasteiger partial charge in [-0.15, -0.1) is 0 Å². The lowest BCUT2D eigenvalue weighted by Crippen LogP contribution is -2.69. The first-order chi connectivity index (χ1) is 24.7. The van der Waals surface area contributed by atoms with E-state index in [1.54, 1.807) is 12.1 Å². The molecule has 3 unspecified atom stereocenters. The number of hydrogen-bond acceptors (Lipinski definition) is 15. The van der Waals surface area contributed by atoms with Crippen LogP contribution in [0.4, 0.5) is 0 Å². The Kier molecular flexibility index (Phi) is 10.0. The Balaban J connectivity index is 1.58. The Morgan fingerprint density at radius 3 is 1.92 bits per heavy atom. The van der Waals surface area contributed by atoms with Gasteiger partial charge in [-0.25, -0.2) is 4.79 Å². The van der Waals surface area contributed by atoms with Crippen LogP contribution in [-0.2, 0) is 57.1 Å². The summed E-state index contributed by atoms with van der Waals surface area (Å²) in [5, 5.41) is 13.4. The van der Waals surface area contributed by atoms with Crippen molar-refractivity contribution in [2.75, 3.05) is 42.2 Å². The third-order valence-electron chi connectivity index (χ3n) is 12.7. The maximum absolute atomic E-state index is 14.0. The number of methoxy groups -OCH3 is 5. The van der Waals surface area contributed by atoms with Crippen LogP contribution in [0.2, 0.25) is 0 Å². The molecule has 6 rings (SSSR count). The average molecular weight is 733 g/mol. The second-order valence-electron chi connectivity index (χ2n) is 14.8. The standard InChI is InChI=1S/C37H48O15/c1-18(39)49-24-13-25(46-6)37(43)27-23-14-35(51-19(2)40)26(47-7)15-36(52-20(3)41,29(27)30(48-8)31(37)34(24,16-38)17-44-4)28(23)32(35)50-33(42)21-9-11-22(45-5)12-10-21/h9-12,16,23-32,43H,13-15,17H2,1-8H3/t23?,24-,25+,26+,27+,28?,29-,30+,31?,32-,34+,35+,36-,37-/m1/s1. The van der Waals surface area contributed by atoms with Crippen molar-refractivity contribution >= 4 is 30.2 Å². The third-order valence-corrected chi connectivity index (χ3v) is 12.7. The van der Waals surface area contributed by atoms with Crippen LogP contribution in [0, 0.1) is 35.0 Å². The van der Waals surface area contributed by atoms with E-state index in [0.29, 0.717) is 12.0 Å². The molecule has 5 aliphatic rings. The monoisotopic (exact) mass is 732 g/mol. The van der Waals surface area contributed by atoms with E-state index in [0.717, 1.165) is 0 Å². The van der Waals surface area contributed by atoms with Crippen molar-refractivity contribution in [2.45, 2.75) is 87.4 Å². The van der Waals surface area contributed by atoms with Gasteiger partial charge in [0.15, 0.2) is 11.7 Å². The van der Waals surface area contributed by atoms with Gasteiger partial charge in [-0.1, -0.05) is 0 Å². The lowest BCUT2D eigenvalue weighted by Gasteiger charge is -2.56. The van der Waals surface area contributed by atoms with E-state index < -0.39 is 106 Å². The van der Waals surface area contributed by atoms with Gasteiger partial charge >= 0.3 is 23.9 Å². The molecule has 0 spiro atoms. The zero-order chi connectivity index (χ0) is 38.0. The van der Waals surface area contributed by atoms with E-state index in [4.69, 9.17) is 42.6 Å². The van der Waals surface area contributed by atoms with E-state index in [-0.39, 0.29) is 31.4 Å². The third kappa shape index (κ3) is 5.21. The maximum Gasteiger partial charge on any atom is 0.338 e.